The van der Waals surface area contributed by atoms with Gasteiger partial charge in [0.25, 0.3) is 5.91 Å². The van der Waals surface area contributed by atoms with Gasteiger partial charge in [-0.05, 0) is 57.5 Å². The first-order chi connectivity index (χ1) is 11.6. The Balaban J connectivity index is 0.00000225. The normalized spacial score (nSPS) is 17.4. The summed E-state index contributed by atoms with van der Waals surface area (Å²) in [5.74, 6) is 0.0376. The molecule has 6 nitrogen and oxygen atoms in total. The maximum absolute atomic E-state index is 13.2. The topological polar surface area (TPSA) is 63.1 Å². The molecule has 0 bridgehead atoms. The molecule has 136 valence electrons. The summed E-state index contributed by atoms with van der Waals surface area (Å²) < 4.78 is 1.68. The number of carbonyl (C=O) groups excluding carboxylic acids is 1. The molecule has 0 spiro atoms. The molecular weight excluding hydrogens is 338 g/mol. The maximum Gasteiger partial charge on any atom is 0.272 e. The van der Waals surface area contributed by atoms with Gasteiger partial charge in [-0.1, -0.05) is 6.07 Å². The van der Waals surface area contributed by atoms with Gasteiger partial charge in [-0.3, -0.25) is 14.5 Å². The number of amides is 1. The van der Waals surface area contributed by atoms with E-state index in [1.165, 1.54) is 0 Å². The molecule has 1 fully saturated rings. The van der Waals surface area contributed by atoms with Crippen molar-refractivity contribution < 1.29 is 4.79 Å². The van der Waals surface area contributed by atoms with Crippen LogP contribution in [0.1, 0.15) is 41.1 Å². The molecule has 1 unspecified atom stereocenters. The van der Waals surface area contributed by atoms with Crippen LogP contribution in [0.15, 0.2) is 30.5 Å². The Morgan fingerprint density at radius 2 is 2.20 bits per heavy atom. The summed E-state index contributed by atoms with van der Waals surface area (Å²) in [5, 5.41) is 7.75. The first-order valence-corrected chi connectivity index (χ1v) is 8.57. The molecule has 1 aliphatic rings. The van der Waals surface area contributed by atoms with Crippen molar-refractivity contribution in [3.63, 3.8) is 0 Å². The van der Waals surface area contributed by atoms with Crippen molar-refractivity contribution in [1.29, 1.82) is 0 Å². The van der Waals surface area contributed by atoms with Crippen LogP contribution in [0, 0.1) is 6.92 Å². The highest BCUT2D eigenvalue weighted by molar-refractivity contribution is 5.93. The summed E-state index contributed by atoms with van der Waals surface area (Å²) in [6.45, 7) is 4.41. The molecule has 1 N–H and O–H groups in total. The molecule has 0 aromatic carbocycles. The molecule has 1 aliphatic heterocycles. The van der Waals surface area contributed by atoms with Crippen molar-refractivity contribution in [1.82, 2.24) is 25.0 Å². The number of aryl methyl sites for hydroxylation is 2. The average molecular weight is 364 g/mol. The quantitative estimate of drug-likeness (QED) is 0.905. The van der Waals surface area contributed by atoms with Gasteiger partial charge in [0.15, 0.2) is 0 Å². The molecule has 0 aliphatic carbocycles. The lowest BCUT2D eigenvalue weighted by Crippen LogP contribution is -2.41. The van der Waals surface area contributed by atoms with Crippen molar-refractivity contribution in [3.05, 3.63) is 47.5 Å². The van der Waals surface area contributed by atoms with Crippen molar-refractivity contribution in [2.45, 2.75) is 38.8 Å². The fourth-order valence-electron chi connectivity index (χ4n) is 3.30. The predicted molar refractivity (Wildman–Crippen MR) is 99.8 cm³/mol. The lowest BCUT2D eigenvalue weighted by molar-refractivity contribution is 0.0631. The molecule has 25 heavy (non-hydrogen) atoms. The molecule has 3 heterocycles. The van der Waals surface area contributed by atoms with Gasteiger partial charge in [0.2, 0.25) is 0 Å². The summed E-state index contributed by atoms with van der Waals surface area (Å²) in [4.78, 5) is 19.6. The fraction of sp³-hybridized carbons (Fsp3) is 0.500. The first kappa shape index (κ1) is 19.4. The zero-order valence-electron chi connectivity index (χ0n) is 14.8. The van der Waals surface area contributed by atoms with Crippen LogP contribution in [0.4, 0.5) is 0 Å². The van der Waals surface area contributed by atoms with Crippen LogP contribution in [0.5, 0.6) is 0 Å². The third-order valence-electron chi connectivity index (χ3n) is 4.53. The second kappa shape index (κ2) is 8.97. The largest absolute Gasteiger partial charge is 0.328 e. The standard InChI is InChI=1S/C18H25N5O.ClH/c1-14-12-17(22(2)21-14)18(24)23(13-15-6-3-4-10-20-15)16-7-5-9-19-11-8-16;/h3-4,6,10,12,16,19H,5,7-9,11,13H2,1-2H3;1H. The third-order valence-corrected chi connectivity index (χ3v) is 4.53. The van der Waals surface area contributed by atoms with Crippen LogP contribution >= 0.6 is 12.4 Å². The van der Waals surface area contributed by atoms with Crippen LogP contribution < -0.4 is 5.32 Å². The zero-order chi connectivity index (χ0) is 16.9. The van der Waals surface area contributed by atoms with E-state index >= 15 is 0 Å². The molecule has 3 rings (SSSR count). The van der Waals surface area contributed by atoms with Crippen LogP contribution in [0.2, 0.25) is 0 Å². The SMILES string of the molecule is Cc1cc(C(=O)N(Cc2ccccn2)C2CCCNCC2)n(C)n1.Cl. The number of hydrogen-bond acceptors (Lipinski definition) is 4. The summed E-state index contributed by atoms with van der Waals surface area (Å²) in [6.07, 6.45) is 4.85. The number of carbonyl (C=O) groups is 1. The van der Waals surface area contributed by atoms with Crippen molar-refractivity contribution in [2.75, 3.05) is 13.1 Å². The Morgan fingerprint density at radius 3 is 2.88 bits per heavy atom. The Labute approximate surface area is 155 Å². The minimum absolute atomic E-state index is 0. The number of hydrogen-bond donors (Lipinski definition) is 1. The summed E-state index contributed by atoms with van der Waals surface area (Å²) in [6, 6.07) is 7.93. The van der Waals surface area contributed by atoms with E-state index in [-0.39, 0.29) is 24.4 Å². The molecular formula is C18H26ClN5O. The van der Waals surface area contributed by atoms with E-state index in [0.29, 0.717) is 12.2 Å². The Kier molecular flexibility index (Phi) is 6.96. The molecule has 1 atom stereocenters. The van der Waals surface area contributed by atoms with Gasteiger partial charge in [-0.25, -0.2) is 0 Å². The predicted octanol–water partition coefficient (Wildman–Crippen LogP) is 2.33. The molecule has 2 aromatic rings. The van der Waals surface area contributed by atoms with E-state index < -0.39 is 0 Å². The lowest BCUT2D eigenvalue weighted by Gasteiger charge is -2.31. The van der Waals surface area contributed by atoms with E-state index in [0.717, 1.165) is 43.7 Å². The molecule has 1 saturated heterocycles. The van der Waals surface area contributed by atoms with Crippen LogP contribution in [0.3, 0.4) is 0 Å². The lowest BCUT2D eigenvalue weighted by atomic mass is 10.1. The second-order valence-corrected chi connectivity index (χ2v) is 6.38. The van der Waals surface area contributed by atoms with Gasteiger partial charge in [0.05, 0.1) is 17.9 Å². The number of halogens is 1. The highest BCUT2D eigenvalue weighted by Crippen LogP contribution is 2.19. The molecule has 0 saturated carbocycles. The first-order valence-electron chi connectivity index (χ1n) is 8.57. The van der Waals surface area contributed by atoms with Crippen LogP contribution in [0.25, 0.3) is 0 Å². The second-order valence-electron chi connectivity index (χ2n) is 6.38. The van der Waals surface area contributed by atoms with E-state index in [1.54, 1.807) is 10.9 Å². The minimum Gasteiger partial charge on any atom is -0.328 e. The van der Waals surface area contributed by atoms with Gasteiger partial charge in [-0.2, -0.15) is 5.10 Å². The van der Waals surface area contributed by atoms with Crippen molar-refractivity contribution in [2.24, 2.45) is 7.05 Å². The monoisotopic (exact) mass is 363 g/mol. The van der Waals surface area contributed by atoms with Gasteiger partial charge in [0, 0.05) is 19.3 Å². The van der Waals surface area contributed by atoms with Gasteiger partial charge < -0.3 is 10.2 Å². The maximum atomic E-state index is 13.2. The number of aromatic nitrogens is 3. The highest BCUT2D eigenvalue weighted by Gasteiger charge is 2.28. The van der Waals surface area contributed by atoms with Gasteiger partial charge in [0.1, 0.15) is 5.69 Å². The number of pyridine rings is 1. The third kappa shape index (κ3) is 4.80. The summed E-state index contributed by atoms with van der Waals surface area (Å²) in [5.41, 5.74) is 2.42. The zero-order valence-corrected chi connectivity index (χ0v) is 15.6. The van der Waals surface area contributed by atoms with E-state index in [1.807, 2.05) is 43.1 Å². The van der Waals surface area contributed by atoms with Gasteiger partial charge >= 0.3 is 0 Å². The minimum atomic E-state index is 0. The molecule has 7 heteroatoms. The summed E-state index contributed by atoms with van der Waals surface area (Å²) in [7, 11) is 1.83. The van der Waals surface area contributed by atoms with Gasteiger partial charge in [-0.15, -0.1) is 12.4 Å². The number of nitrogens with one attached hydrogen (secondary N) is 1. The molecule has 2 aromatic heterocycles. The van der Waals surface area contributed by atoms with Crippen molar-refractivity contribution >= 4 is 18.3 Å². The van der Waals surface area contributed by atoms with E-state index in [4.69, 9.17) is 0 Å². The van der Waals surface area contributed by atoms with E-state index in [2.05, 4.69) is 15.4 Å². The number of rotatable bonds is 4. The molecule has 1 amide bonds. The Hall–Kier alpha value is -1.92. The Bertz CT molecular complexity index is 680. The van der Waals surface area contributed by atoms with Crippen molar-refractivity contribution in [3.8, 4) is 0 Å². The fourth-order valence-corrected chi connectivity index (χ4v) is 3.30. The number of nitrogens with zero attached hydrogens (tertiary/aromatic N) is 4. The summed E-state index contributed by atoms with van der Waals surface area (Å²) >= 11 is 0. The van der Waals surface area contributed by atoms with E-state index in [9.17, 15) is 4.79 Å². The smallest absolute Gasteiger partial charge is 0.272 e. The molecule has 0 radical (unpaired) electrons. The highest BCUT2D eigenvalue weighted by atomic mass is 35.5. The average Bonchev–Trinajstić information content (AvgIpc) is 2.79. The van der Waals surface area contributed by atoms with Crippen LogP contribution in [-0.4, -0.2) is 44.7 Å². The Morgan fingerprint density at radius 1 is 1.36 bits per heavy atom. The van der Waals surface area contributed by atoms with Crippen LogP contribution in [-0.2, 0) is 13.6 Å².